The van der Waals surface area contributed by atoms with Gasteiger partial charge in [0.2, 0.25) is 5.91 Å². The van der Waals surface area contributed by atoms with Crippen LogP contribution in [0.1, 0.15) is 24.8 Å². The molecular formula is C14H20BrClN2O. The predicted octanol–water partition coefficient (Wildman–Crippen LogP) is 2.71. The summed E-state index contributed by atoms with van der Waals surface area (Å²) in [5.74, 6) is 0.140. The van der Waals surface area contributed by atoms with Crippen LogP contribution < -0.4 is 5.73 Å². The Bertz CT molecular complexity index is 432. The minimum atomic E-state index is 0. The van der Waals surface area contributed by atoms with Crippen LogP contribution in [-0.2, 0) is 10.2 Å². The van der Waals surface area contributed by atoms with Crippen LogP contribution in [0.3, 0.4) is 0 Å². The number of halogens is 2. The molecule has 0 heterocycles. The largest absolute Gasteiger partial charge is 0.345 e. The van der Waals surface area contributed by atoms with Crippen molar-refractivity contribution < 1.29 is 4.79 Å². The molecule has 1 saturated carbocycles. The number of nitrogens with zero attached hydrogens (tertiary/aromatic N) is 1. The molecule has 0 aromatic heterocycles. The van der Waals surface area contributed by atoms with Gasteiger partial charge >= 0.3 is 0 Å². The highest BCUT2D eigenvalue weighted by atomic mass is 79.9. The van der Waals surface area contributed by atoms with Crippen LogP contribution >= 0.6 is 28.3 Å². The minimum absolute atomic E-state index is 0. The molecular weight excluding hydrogens is 328 g/mol. The van der Waals surface area contributed by atoms with Gasteiger partial charge in [0.1, 0.15) is 0 Å². The molecule has 1 aromatic rings. The van der Waals surface area contributed by atoms with E-state index in [0.29, 0.717) is 13.0 Å². The molecule has 0 radical (unpaired) electrons. The van der Waals surface area contributed by atoms with Crippen molar-refractivity contribution in [1.82, 2.24) is 4.90 Å². The summed E-state index contributed by atoms with van der Waals surface area (Å²) in [6.45, 7) is 1.22. The highest BCUT2D eigenvalue weighted by Gasteiger charge is 2.45. The van der Waals surface area contributed by atoms with E-state index >= 15 is 0 Å². The van der Waals surface area contributed by atoms with Crippen molar-refractivity contribution in [2.24, 2.45) is 5.73 Å². The molecule has 0 unspecified atom stereocenters. The van der Waals surface area contributed by atoms with Crippen molar-refractivity contribution in [3.8, 4) is 0 Å². The Hall–Kier alpha value is -0.580. The number of benzene rings is 1. The number of likely N-dealkylation sites (N-methyl/N-ethyl adjacent to an activating group) is 1. The minimum Gasteiger partial charge on any atom is -0.345 e. The first-order valence-corrected chi connectivity index (χ1v) is 7.07. The normalized spacial score (nSPS) is 15.5. The molecule has 1 fully saturated rings. The second-order valence-corrected chi connectivity index (χ2v) is 5.99. The Morgan fingerprint density at radius 2 is 1.95 bits per heavy atom. The summed E-state index contributed by atoms with van der Waals surface area (Å²) < 4.78 is 1.09. The summed E-state index contributed by atoms with van der Waals surface area (Å²) in [4.78, 5) is 13.6. The molecule has 0 spiro atoms. The fourth-order valence-corrected chi connectivity index (χ4v) is 2.61. The number of rotatable bonds is 5. The maximum atomic E-state index is 11.8. The Morgan fingerprint density at radius 1 is 1.37 bits per heavy atom. The molecule has 0 atom stereocenters. The van der Waals surface area contributed by atoms with Gasteiger partial charge in [-0.25, -0.2) is 0 Å². The zero-order chi connectivity index (χ0) is 13.2. The lowest BCUT2D eigenvalue weighted by atomic mass is 9.95. The number of carbonyl (C=O) groups excluding carboxylic acids is 1. The predicted molar refractivity (Wildman–Crippen MR) is 83.6 cm³/mol. The van der Waals surface area contributed by atoms with Gasteiger partial charge in [-0.15, -0.1) is 12.4 Å². The van der Waals surface area contributed by atoms with E-state index in [2.05, 4.69) is 40.2 Å². The lowest BCUT2D eigenvalue weighted by Crippen LogP contribution is -2.35. The lowest BCUT2D eigenvalue weighted by Gasteiger charge is -2.24. The van der Waals surface area contributed by atoms with Crippen molar-refractivity contribution in [1.29, 1.82) is 0 Å². The second-order valence-electron chi connectivity index (χ2n) is 5.08. The van der Waals surface area contributed by atoms with E-state index in [9.17, 15) is 4.79 Å². The molecule has 1 aliphatic carbocycles. The van der Waals surface area contributed by atoms with Gasteiger partial charge in [-0.05, 0) is 30.5 Å². The van der Waals surface area contributed by atoms with Crippen molar-refractivity contribution in [2.75, 3.05) is 20.1 Å². The molecule has 19 heavy (non-hydrogen) atoms. The van der Waals surface area contributed by atoms with Crippen LogP contribution in [0.5, 0.6) is 0 Å². The average Bonchev–Trinajstić information content (AvgIpc) is 3.11. The summed E-state index contributed by atoms with van der Waals surface area (Å²) in [5.41, 5.74) is 6.93. The number of carbonyl (C=O) groups is 1. The monoisotopic (exact) mass is 346 g/mol. The standard InChI is InChI=1S/C14H19BrN2O.ClH/c1-17(13(18)6-9-16)10-14(7-8-14)11-2-4-12(15)5-3-11;/h2-5H,6-10,16H2,1H3;1H. The van der Waals surface area contributed by atoms with Crippen LogP contribution in [0.25, 0.3) is 0 Å². The first kappa shape index (κ1) is 16.5. The van der Waals surface area contributed by atoms with Gasteiger partial charge in [-0.3, -0.25) is 4.79 Å². The lowest BCUT2D eigenvalue weighted by molar-refractivity contribution is -0.130. The third kappa shape index (κ3) is 3.94. The summed E-state index contributed by atoms with van der Waals surface area (Å²) in [7, 11) is 1.87. The molecule has 1 aliphatic rings. The highest BCUT2D eigenvalue weighted by molar-refractivity contribution is 9.10. The van der Waals surface area contributed by atoms with E-state index in [4.69, 9.17) is 5.73 Å². The first-order chi connectivity index (χ1) is 8.57. The topological polar surface area (TPSA) is 46.3 Å². The molecule has 5 heteroatoms. The third-order valence-corrected chi connectivity index (χ3v) is 4.16. The molecule has 1 aromatic carbocycles. The summed E-state index contributed by atoms with van der Waals surface area (Å²) in [6.07, 6.45) is 2.76. The molecule has 0 aliphatic heterocycles. The molecule has 2 N–H and O–H groups in total. The third-order valence-electron chi connectivity index (χ3n) is 3.63. The Labute approximate surface area is 129 Å². The van der Waals surface area contributed by atoms with Crippen molar-refractivity contribution in [2.45, 2.75) is 24.7 Å². The van der Waals surface area contributed by atoms with Gasteiger partial charge in [0.25, 0.3) is 0 Å². The van der Waals surface area contributed by atoms with Crippen molar-refractivity contribution in [3.63, 3.8) is 0 Å². The van der Waals surface area contributed by atoms with E-state index in [-0.39, 0.29) is 23.7 Å². The van der Waals surface area contributed by atoms with E-state index in [1.54, 1.807) is 0 Å². The Balaban J connectivity index is 0.00000180. The van der Waals surface area contributed by atoms with Crippen LogP contribution in [0.4, 0.5) is 0 Å². The number of hydrogen-bond donors (Lipinski definition) is 1. The maximum absolute atomic E-state index is 11.8. The number of amides is 1. The fraction of sp³-hybridized carbons (Fsp3) is 0.500. The smallest absolute Gasteiger partial charge is 0.223 e. The summed E-state index contributed by atoms with van der Waals surface area (Å²) >= 11 is 3.45. The van der Waals surface area contributed by atoms with Gasteiger partial charge in [-0.1, -0.05) is 28.1 Å². The Morgan fingerprint density at radius 3 is 2.42 bits per heavy atom. The van der Waals surface area contributed by atoms with Gasteiger partial charge in [0.05, 0.1) is 0 Å². The zero-order valence-corrected chi connectivity index (χ0v) is 13.5. The van der Waals surface area contributed by atoms with Crippen LogP contribution in [0.15, 0.2) is 28.7 Å². The van der Waals surface area contributed by atoms with Crippen LogP contribution in [0.2, 0.25) is 0 Å². The second kappa shape index (κ2) is 6.73. The molecule has 1 amide bonds. The van der Waals surface area contributed by atoms with E-state index < -0.39 is 0 Å². The molecule has 2 rings (SSSR count). The Kier molecular flexibility index (Phi) is 5.83. The fourth-order valence-electron chi connectivity index (χ4n) is 2.35. The van der Waals surface area contributed by atoms with E-state index in [1.165, 1.54) is 5.56 Å². The van der Waals surface area contributed by atoms with Gasteiger partial charge in [-0.2, -0.15) is 0 Å². The zero-order valence-electron chi connectivity index (χ0n) is 11.1. The van der Waals surface area contributed by atoms with Gasteiger partial charge < -0.3 is 10.6 Å². The molecule has 106 valence electrons. The van der Waals surface area contributed by atoms with Crippen molar-refractivity contribution in [3.05, 3.63) is 34.3 Å². The quantitative estimate of drug-likeness (QED) is 0.890. The van der Waals surface area contributed by atoms with Crippen molar-refractivity contribution >= 4 is 34.2 Å². The molecule has 0 saturated heterocycles. The van der Waals surface area contributed by atoms with Gasteiger partial charge in [0, 0.05) is 36.4 Å². The van der Waals surface area contributed by atoms with Crippen LogP contribution in [0, 0.1) is 0 Å². The average molecular weight is 348 g/mol. The first-order valence-electron chi connectivity index (χ1n) is 6.27. The SMILES string of the molecule is CN(CC1(c2ccc(Br)cc2)CC1)C(=O)CCN.Cl. The van der Waals surface area contributed by atoms with E-state index in [0.717, 1.165) is 23.9 Å². The summed E-state index contributed by atoms with van der Waals surface area (Å²) in [6, 6.07) is 8.44. The number of nitrogens with two attached hydrogens (primary N) is 1. The molecule has 0 bridgehead atoms. The summed E-state index contributed by atoms with van der Waals surface area (Å²) in [5, 5.41) is 0. The van der Waals surface area contributed by atoms with Gasteiger partial charge in [0.15, 0.2) is 0 Å². The van der Waals surface area contributed by atoms with E-state index in [1.807, 2.05) is 11.9 Å². The van der Waals surface area contributed by atoms with Crippen LogP contribution in [-0.4, -0.2) is 30.9 Å². The number of hydrogen-bond acceptors (Lipinski definition) is 2. The maximum Gasteiger partial charge on any atom is 0.223 e. The molecule has 3 nitrogen and oxygen atoms in total. The highest BCUT2D eigenvalue weighted by Crippen LogP contribution is 2.48.